The van der Waals surface area contributed by atoms with Gasteiger partial charge in [0.15, 0.2) is 5.76 Å². The molecule has 0 bridgehead atoms. The number of allylic oxidation sites excluding steroid dienone is 2. The summed E-state index contributed by atoms with van der Waals surface area (Å²) in [5, 5.41) is 0. The molecule has 1 aliphatic rings. The lowest BCUT2D eigenvalue weighted by molar-refractivity contribution is -0.117. The highest BCUT2D eigenvalue weighted by Crippen LogP contribution is 2.01. The molecule has 0 fully saturated rings. The third kappa shape index (κ3) is 1.32. The summed E-state index contributed by atoms with van der Waals surface area (Å²) >= 11 is 0. The van der Waals surface area contributed by atoms with Crippen molar-refractivity contribution in [2.45, 2.75) is 0 Å². The minimum absolute atomic E-state index is 0.234. The first kappa shape index (κ1) is 5.88. The van der Waals surface area contributed by atoms with E-state index in [1.54, 1.807) is 18.2 Å². The molecule has 9 heavy (non-hydrogen) atoms. The number of hydrogen-bond acceptors (Lipinski definition) is 2. The van der Waals surface area contributed by atoms with Crippen LogP contribution >= 0.6 is 0 Å². The Morgan fingerprint density at radius 1 is 1.78 bits per heavy atom. The van der Waals surface area contributed by atoms with Crippen molar-refractivity contribution in [3.05, 3.63) is 24.0 Å². The fourth-order valence-electron chi connectivity index (χ4n) is 0.550. The van der Waals surface area contributed by atoms with Crippen molar-refractivity contribution in [3.8, 4) is 0 Å². The predicted molar refractivity (Wildman–Crippen MR) is 32.4 cm³/mol. The molecule has 0 aromatic heterocycles. The van der Waals surface area contributed by atoms with Gasteiger partial charge in [0.25, 0.3) is 5.91 Å². The molecule has 0 unspecified atom stereocenters. The number of nitrogens with two attached hydrogens (primary N) is 1. The molecule has 0 spiro atoms. The van der Waals surface area contributed by atoms with Crippen LogP contribution in [0.15, 0.2) is 24.0 Å². The Kier molecular flexibility index (Phi) is 1.53. The van der Waals surface area contributed by atoms with Crippen LogP contribution < -0.4 is 5.73 Å². The van der Waals surface area contributed by atoms with Gasteiger partial charge in [0, 0.05) is 0 Å². The molecule has 0 radical (unpaired) electrons. The molecule has 0 aromatic rings. The average molecular weight is 125 g/mol. The van der Waals surface area contributed by atoms with Gasteiger partial charge in [-0.2, -0.15) is 0 Å². The number of primary amides is 1. The molecule has 1 heterocycles. The Bertz CT molecular complexity index is 181. The van der Waals surface area contributed by atoms with Crippen LogP contribution in [0.3, 0.4) is 0 Å². The third-order valence-corrected chi connectivity index (χ3v) is 0.962. The lowest BCUT2D eigenvalue weighted by atomic mass is 10.3. The van der Waals surface area contributed by atoms with Crippen molar-refractivity contribution in [2.24, 2.45) is 5.73 Å². The summed E-state index contributed by atoms with van der Waals surface area (Å²) in [5.41, 5.74) is 4.90. The molecule has 3 heteroatoms. The van der Waals surface area contributed by atoms with Crippen LogP contribution in [0.25, 0.3) is 0 Å². The molecule has 48 valence electrons. The van der Waals surface area contributed by atoms with E-state index in [0.29, 0.717) is 6.61 Å². The Morgan fingerprint density at radius 3 is 2.89 bits per heavy atom. The Balaban J connectivity index is 2.68. The van der Waals surface area contributed by atoms with Crippen molar-refractivity contribution >= 4 is 5.91 Å². The Labute approximate surface area is 52.8 Å². The van der Waals surface area contributed by atoms with Gasteiger partial charge in [-0.05, 0) is 12.2 Å². The maximum absolute atomic E-state index is 10.3. The van der Waals surface area contributed by atoms with Gasteiger partial charge in [-0.15, -0.1) is 0 Å². The molecule has 0 saturated carbocycles. The maximum Gasteiger partial charge on any atom is 0.283 e. The van der Waals surface area contributed by atoms with Crippen molar-refractivity contribution in [1.82, 2.24) is 0 Å². The first-order chi connectivity index (χ1) is 4.30. The van der Waals surface area contributed by atoms with E-state index in [0.717, 1.165) is 0 Å². The van der Waals surface area contributed by atoms with Gasteiger partial charge in [0.2, 0.25) is 0 Å². The first-order valence-corrected chi connectivity index (χ1v) is 2.60. The summed E-state index contributed by atoms with van der Waals surface area (Å²) in [6.07, 6.45) is 5.09. The number of carbonyl (C=O) groups is 1. The molecule has 2 N–H and O–H groups in total. The van der Waals surface area contributed by atoms with Gasteiger partial charge in [-0.25, -0.2) is 0 Å². The molecule has 0 aliphatic carbocycles. The maximum atomic E-state index is 10.3. The lowest BCUT2D eigenvalue weighted by Gasteiger charge is -2.05. The van der Waals surface area contributed by atoms with Gasteiger partial charge in [-0.1, -0.05) is 6.08 Å². The van der Waals surface area contributed by atoms with Gasteiger partial charge in [0.05, 0.1) is 0 Å². The summed E-state index contributed by atoms with van der Waals surface area (Å²) in [4.78, 5) is 10.3. The first-order valence-electron chi connectivity index (χ1n) is 2.60. The van der Waals surface area contributed by atoms with Gasteiger partial charge in [0.1, 0.15) is 6.61 Å². The zero-order chi connectivity index (χ0) is 6.69. The van der Waals surface area contributed by atoms with Gasteiger partial charge < -0.3 is 10.5 Å². The van der Waals surface area contributed by atoms with E-state index in [4.69, 9.17) is 10.5 Å². The molecule has 3 nitrogen and oxygen atoms in total. The number of hydrogen-bond donors (Lipinski definition) is 1. The van der Waals surface area contributed by atoms with Crippen LogP contribution in [-0.2, 0) is 9.53 Å². The van der Waals surface area contributed by atoms with Crippen LogP contribution in [0.1, 0.15) is 0 Å². The molecule has 1 amide bonds. The molecule has 1 aliphatic heterocycles. The van der Waals surface area contributed by atoms with Crippen LogP contribution in [0, 0.1) is 0 Å². The number of amides is 1. The highest BCUT2D eigenvalue weighted by atomic mass is 16.5. The topological polar surface area (TPSA) is 52.3 Å². The van der Waals surface area contributed by atoms with E-state index >= 15 is 0 Å². The number of carbonyl (C=O) groups excluding carboxylic acids is 1. The lowest BCUT2D eigenvalue weighted by Crippen LogP contribution is -2.17. The van der Waals surface area contributed by atoms with Crippen molar-refractivity contribution in [2.75, 3.05) is 6.61 Å². The normalized spacial score (nSPS) is 16.2. The summed E-state index contributed by atoms with van der Waals surface area (Å²) in [6.45, 7) is 0.439. The second kappa shape index (κ2) is 2.35. The number of ether oxygens (including phenoxy) is 1. The summed E-state index contributed by atoms with van der Waals surface area (Å²) in [6, 6.07) is 0. The zero-order valence-electron chi connectivity index (χ0n) is 4.83. The molecular formula is C6H7NO2. The summed E-state index contributed by atoms with van der Waals surface area (Å²) in [7, 11) is 0. The quantitative estimate of drug-likeness (QED) is 0.533. The second-order valence-corrected chi connectivity index (χ2v) is 1.63. The summed E-state index contributed by atoms with van der Waals surface area (Å²) < 4.78 is 4.84. The molecule has 0 aromatic carbocycles. The van der Waals surface area contributed by atoms with Crippen LogP contribution in [0.2, 0.25) is 0 Å². The van der Waals surface area contributed by atoms with Crippen molar-refractivity contribution in [1.29, 1.82) is 0 Å². The third-order valence-electron chi connectivity index (χ3n) is 0.962. The predicted octanol–water partition coefficient (Wildman–Crippen LogP) is -0.0580. The SMILES string of the molecule is NC(=O)C1=CC=CCO1. The smallest absolute Gasteiger partial charge is 0.283 e. The Morgan fingerprint density at radius 2 is 2.56 bits per heavy atom. The highest BCUT2D eigenvalue weighted by Gasteiger charge is 2.04. The largest absolute Gasteiger partial charge is 0.484 e. The summed E-state index contributed by atoms with van der Waals surface area (Å²) in [5.74, 6) is -0.281. The van der Waals surface area contributed by atoms with E-state index < -0.39 is 5.91 Å². The molecular weight excluding hydrogens is 118 g/mol. The molecule has 1 rings (SSSR count). The fraction of sp³-hybridized carbons (Fsp3) is 0.167. The van der Waals surface area contributed by atoms with E-state index in [1.807, 2.05) is 0 Å². The van der Waals surface area contributed by atoms with E-state index in [9.17, 15) is 4.79 Å². The van der Waals surface area contributed by atoms with Crippen molar-refractivity contribution in [3.63, 3.8) is 0 Å². The van der Waals surface area contributed by atoms with E-state index in [-0.39, 0.29) is 5.76 Å². The second-order valence-electron chi connectivity index (χ2n) is 1.63. The minimum atomic E-state index is -0.514. The minimum Gasteiger partial charge on any atom is -0.484 e. The Hall–Kier alpha value is -1.25. The zero-order valence-corrected chi connectivity index (χ0v) is 4.83. The van der Waals surface area contributed by atoms with Gasteiger partial charge in [-0.3, -0.25) is 4.79 Å². The highest BCUT2D eigenvalue weighted by molar-refractivity contribution is 5.90. The van der Waals surface area contributed by atoms with E-state index in [1.165, 1.54) is 0 Å². The standard InChI is InChI=1S/C6H7NO2/c7-6(8)5-3-1-2-4-9-5/h1-3H,4H2,(H2,7,8). The number of rotatable bonds is 1. The van der Waals surface area contributed by atoms with Crippen molar-refractivity contribution < 1.29 is 9.53 Å². The fourth-order valence-corrected chi connectivity index (χ4v) is 0.550. The van der Waals surface area contributed by atoms with E-state index in [2.05, 4.69) is 0 Å². The van der Waals surface area contributed by atoms with Crippen LogP contribution in [0.5, 0.6) is 0 Å². The molecule has 0 atom stereocenters. The van der Waals surface area contributed by atoms with Crippen LogP contribution in [0.4, 0.5) is 0 Å². The monoisotopic (exact) mass is 125 g/mol. The van der Waals surface area contributed by atoms with Crippen LogP contribution in [-0.4, -0.2) is 12.5 Å². The average Bonchev–Trinajstić information content (AvgIpc) is 1.90. The van der Waals surface area contributed by atoms with Gasteiger partial charge >= 0.3 is 0 Å². The molecule has 0 saturated heterocycles.